The molecule has 0 aliphatic carbocycles. The normalized spacial score (nSPS) is 31.3. The fourth-order valence-electron chi connectivity index (χ4n) is 3.06. The third kappa shape index (κ3) is 2.41. The fraction of sp³-hybridized carbons (Fsp3) is 0.615. The van der Waals surface area contributed by atoms with Gasteiger partial charge in [0, 0.05) is 50.7 Å². The molecule has 1 aromatic heterocycles. The maximum atomic E-state index is 13.0. The first kappa shape index (κ1) is 13.8. The van der Waals surface area contributed by atoms with Gasteiger partial charge in [-0.25, -0.2) is 0 Å². The van der Waals surface area contributed by atoms with Gasteiger partial charge in [-0.1, -0.05) is 0 Å². The summed E-state index contributed by atoms with van der Waals surface area (Å²) >= 11 is 0. The maximum absolute atomic E-state index is 13.0. The number of hydrogen-bond donors (Lipinski definition) is 1. The molecule has 1 aromatic rings. The number of alkyl halides is 3. The monoisotopic (exact) mass is 287 g/mol. The summed E-state index contributed by atoms with van der Waals surface area (Å²) < 4.78 is 39.0. The van der Waals surface area contributed by atoms with Crippen LogP contribution in [-0.2, 0) is 6.18 Å². The van der Waals surface area contributed by atoms with E-state index in [1.807, 2.05) is 0 Å². The average molecular weight is 287 g/mol. The Balaban J connectivity index is 1.89. The van der Waals surface area contributed by atoms with Crippen LogP contribution in [0.4, 0.5) is 13.2 Å². The smallest absolute Gasteiger partial charge is 0.387 e. The third-order valence-electron chi connectivity index (χ3n) is 4.16. The van der Waals surface area contributed by atoms with Crippen molar-refractivity contribution in [1.29, 1.82) is 0 Å². The molecule has 0 spiro atoms. The van der Waals surface area contributed by atoms with Crippen LogP contribution in [0.1, 0.15) is 17.2 Å². The van der Waals surface area contributed by atoms with Crippen LogP contribution in [0.15, 0.2) is 18.5 Å². The van der Waals surface area contributed by atoms with E-state index < -0.39 is 17.8 Å². The summed E-state index contributed by atoms with van der Waals surface area (Å²) in [4.78, 5) is 7.99. The summed E-state index contributed by atoms with van der Waals surface area (Å²) in [6.07, 6.45) is -3.40. The standard InChI is InChI=1S/C13H16F3N3O/c14-13(15,16)10-1-2-17-7-9(10)12(20)11-8-18-3-5-19(11)6-4-18/h1-2,7,11-12,20H,3-6,8H2. The second-order valence-corrected chi connectivity index (χ2v) is 5.31. The first-order valence-corrected chi connectivity index (χ1v) is 6.62. The number of hydrogen-bond acceptors (Lipinski definition) is 4. The molecule has 3 saturated heterocycles. The summed E-state index contributed by atoms with van der Waals surface area (Å²) in [7, 11) is 0. The van der Waals surface area contributed by atoms with E-state index in [-0.39, 0.29) is 11.6 Å². The zero-order valence-electron chi connectivity index (χ0n) is 10.8. The Morgan fingerprint density at radius 3 is 2.50 bits per heavy atom. The van der Waals surface area contributed by atoms with Crippen LogP contribution >= 0.6 is 0 Å². The summed E-state index contributed by atoms with van der Waals surface area (Å²) in [5, 5.41) is 10.4. The van der Waals surface area contributed by atoms with Crippen molar-refractivity contribution in [1.82, 2.24) is 14.8 Å². The second kappa shape index (κ2) is 4.98. The minimum absolute atomic E-state index is 0.126. The number of pyridine rings is 1. The van der Waals surface area contributed by atoms with E-state index in [1.165, 1.54) is 0 Å². The molecule has 0 saturated carbocycles. The minimum Gasteiger partial charge on any atom is -0.387 e. The Morgan fingerprint density at radius 1 is 1.25 bits per heavy atom. The Kier molecular flexibility index (Phi) is 3.43. The maximum Gasteiger partial charge on any atom is 0.416 e. The molecule has 20 heavy (non-hydrogen) atoms. The quantitative estimate of drug-likeness (QED) is 0.885. The van der Waals surface area contributed by atoms with E-state index in [1.54, 1.807) is 0 Å². The van der Waals surface area contributed by atoms with E-state index in [0.717, 1.165) is 44.6 Å². The molecule has 2 unspecified atom stereocenters. The lowest BCUT2D eigenvalue weighted by Crippen LogP contribution is -2.62. The molecular formula is C13H16F3N3O. The minimum atomic E-state index is -4.47. The SMILES string of the molecule is OC(c1cnccc1C(F)(F)F)C1CN2CCN1CC2. The van der Waals surface area contributed by atoms with Crippen LogP contribution in [0.3, 0.4) is 0 Å². The first-order chi connectivity index (χ1) is 9.47. The zero-order valence-corrected chi connectivity index (χ0v) is 10.8. The van der Waals surface area contributed by atoms with Crippen molar-refractivity contribution in [2.45, 2.75) is 18.3 Å². The number of aliphatic hydroxyl groups is 1. The molecule has 110 valence electrons. The molecule has 0 aromatic carbocycles. The highest BCUT2D eigenvalue weighted by atomic mass is 19.4. The van der Waals surface area contributed by atoms with E-state index in [2.05, 4.69) is 14.8 Å². The van der Waals surface area contributed by atoms with Gasteiger partial charge in [0.15, 0.2) is 0 Å². The van der Waals surface area contributed by atoms with E-state index in [4.69, 9.17) is 0 Å². The molecule has 4 nitrogen and oxygen atoms in total. The topological polar surface area (TPSA) is 39.6 Å². The van der Waals surface area contributed by atoms with Gasteiger partial charge in [0.05, 0.1) is 17.7 Å². The van der Waals surface area contributed by atoms with E-state index in [9.17, 15) is 18.3 Å². The summed E-state index contributed by atoms with van der Waals surface area (Å²) in [6.45, 7) is 4.03. The Labute approximate surface area is 114 Å². The number of nitrogens with zero attached hydrogens (tertiary/aromatic N) is 3. The molecule has 3 aliphatic rings. The van der Waals surface area contributed by atoms with Crippen LogP contribution in [0, 0.1) is 0 Å². The summed E-state index contributed by atoms with van der Waals surface area (Å²) in [5.41, 5.74) is -0.920. The van der Waals surface area contributed by atoms with Gasteiger partial charge < -0.3 is 5.11 Å². The van der Waals surface area contributed by atoms with Crippen LogP contribution in [0.25, 0.3) is 0 Å². The summed E-state index contributed by atoms with van der Waals surface area (Å²) in [6, 6.07) is 0.637. The molecule has 4 rings (SSSR count). The van der Waals surface area contributed by atoms with Crippen molar-refractivity contribution < 1.29 is 18.3 Å². The van der Waals surface area contributed by atoms with Gasteiger partial charge in [0.1, 0.15) is 0 Å². The molecule has 0 radical (unpaired) electrons. The molecule has 2 atom stereocenters. The predicted octanol–water partition coefficient (Wildman–Crippen LogP) is 1.13. The van der Waals surface area contributed by atoms with Crippen molar-refractivity contribution in [3.63, 3.8) is 0 Å². The van der Waals surface area contributed by atoms with Crippen LogP contribution in [0.2, 0.25) is 0 Å². The Bertz CT molecular complexity index is 486. The first-order valence-electron chi connectivity index (χ1n) is 6.62. The predicted molar refractivity (Wildman–Crippen MR) is 66.0 cm³/mol. The molecule has 2 bridgehead atoms. The molecule has 7 heteroatoms. The third-order valence-corrected chi connectivity index (χ3v) is 4.16. The van der Waals surface area contributed by atoms with Gasteiger partial charge in [0.2, 0.25) is 0 Å². The van der Waals surface area contributed by atoms with Crippen molar-refractivity contribution in [2.75, 3.05) is 32.7 Å². The fourth-order valence-corrected chi connectivity index (χ4v) is 3.06. The lowest BCUT2D eigenvalue weighted by Gasteiger charge is -2.49. The van der Waals surface area contributed by atoms with Crippen molar-refractivity contribution in [3.8, 4) is 0 Å². The van der Waals surface area contributed by atoms with Gasteiger partial charge >= 0.3 is 6.18 Å². The number of halogens is 3. The van der Waals surface area contributed by atoms with Gasteiger partial charge in [-0.05, 0) is 6.07 Å². The number of aliphatic hydroxyl groups excluding tert-OH is 1. The largest absolute Gasteiger partial charge is 0.416 e. The number of piperazine rings is 3. The molecule has 4 heterocycles. The Hall–Kier alpha value is -1.18. The average Bonchev–Trinajstić information content (AvgIpc) is 2.47. The van der Waals surface area contributed by atoms with Crippen molar-refractivity contribution in [3.05, 3.63) is 29.6 Å². The Morgan fingerprint density at radius 2 is 1.95 bits per heavy atom. The zero-order chi connectivity index (χ0) is 14.3. The molecule has 1 N–H and O–H groups in total. The highest BCUT2D eigenvalue weighted by Crippen LogP contribution is 2.36. The number of fused-ring (bicyclic) bond motifs is 3. The van der Waals surface area contributed by atoms with Crippen molar-refractivity contribution in [2.24, 2.45) is 0 Å². The van der Waals surface area contributed by atoms with E-state index >= 15 is 0 Å². The van der Waals surface area contributed by atoms with Crippen molar-refractivity contribution >= 4 is 0 Å². The van der Waals surface area contributed by atoms with E-state index in [0.29, 0.717) is 6.54 Å². The van der Waals surface area contributed by atoms with Crippen LogP contribution in [0.5, 0.6) is 0 Å². The number of aromatic nitrogens is 1. The lowest BCUT2D eigenvalue weighted by atomic mass is 9.94. The molecule has 0 amide bonds. The molecule has 3 fully saturated rings. The number of rotatable bonds is 2. The van der Waals surface area contributed by atoms with Gasteiger partial charge in [0.25, 0.3) is 0 Å². The van der Waals surface area contributed by atoms with Gasteiger partial charge in [-0.15, -0.1) is 0 Å². The molecular weight excluding hydrogens is 271 g/mol. The highest BCUT2D eigenvalue weighted by molar-refractivity contribution is 5.29. The highest BCUT2D eigenvalue weighted by Gasteiger charge is 2.41. The van der Waals surface area contributed by atoms with Crippen LogP contribution in [-0.4, -0.2) is 58.7 Å². The lowest BCUT2D eigenvalue weighted by molar-refractivity contribution is -0.140. The summed E-state index contributed by atoms with van der Waals surface area (Å²) in [5.74, 6) is 0. The molecule has 3 aliphatic heterocycles. The second-order valence-electron chi connectivity index (χ2n) is 5.31. The van der Waals surface area contributed by atoms with Gasteiger partial charge in [-0.2, -0.15) is 13.2 Å². The van der Waals surface area contributed by atoms with Crippen LogP contribution < -0.4 is 0 Å². The van der Waals surface area contributed by atoms with Gasteiger partial charge in [-0.3, -0.25) is 14.8 Å².